The minimum Gasteiger partial charge on any atom is -0.354 e. The van der Waals surface area contributed by atoms with Gasteiger partial charge in [-0.15, -0.1) is 34.2 Å². The number of halogens is 1. The van der Waals surface area contributed by atoms with Crippen LogP contribution in [0, 0.1) is 0 Å². The largest absolute Gasteiger partial charge is 0.354 e. The van der Waals surface area contributed by atoms with Crippen molar-refractivity contribution >= 4 is 29.9 Å². The van der Waals surface area contributed by atoms with Crippen molar-refractivity contribution in [3.63, 3.8) is 0 Å². The van der Waals surface area contributed by atoms with Gasteiger partial charge in [0.1, 0.15) is 12.2 Å². The monoisotopic (exact) mass is 484 g/mol. The molecule has 2 aromatic rings. The van der Waals surface area contributed by atoms with Gasteiger partial charge in [-0.3, -0.25) is 4.99 Å². The lowest BCUT2D eigenvalue weighted by Crippen LogP contribution is -2.40. The Morgan fingerprint density at radius 1 is 1.11 bits per heavy atom. The second kappa shape index (κ2) is 12.7. The Balaban J connectivity index is 0.00000364. The van der Waals surface area contributed by atoms with Gasteiger partial charge in [0.2, 0.25) is 0 Å². The van der Waals surface area contributed by atoms with Gasteiger partial charge in [-0.1, -0.05) is 45.0 Å². The number of nitrogens with one attached hydrogen (secondary N) is 1. The van der Waals surface area contributed by atoms with Gasteiger partial charge in [0.15, 0.2) is 5.96 Å². The Labute approximate surface area is 180 Å². The number of aromatic nitrogens is 3. The molecule has 2 rings (SSSR count). The van der Waals surface area contributed by atoms with Crippen LogP contribution >= 0.6 is 24.0 Å². The lowest BCUT2D eigenvalue weighted by Gasteiger charge is -2.23. The Morgan fingerprint density at radius 2 is 1.81 bits per heavy atom. The summed E-state index contributed by atoms with van der Waals surface area (Å²) in [5, 5.41) is 11.6. The molecule has 0 radical (unpaired) electrons. The molecular formula is C20H33IN6. The third-order valence-electron chi connectivity index (χ3n) is 4.35. The van der Waals surface area contributed by atoms with E-state index in [1.165, 1.54) is 11.1 Å². The molecule has 0 aliphatic carbocycles. The maximum Gasteiger partial charge on any atom is 0.194 e. The summed E-state index contributed by atoms with van der Waals surface area (Å²) < 4.78 is 2.09. The zero-order valence-corrected chi connectivity index (χ0v) is 19.3. The van der Waals surface area contributed by atoms with E-state index in [1.807, 2.05) is 0 Å². The van der Waals surface area contributed by atoms with E-state index in [0.29, 0.717) is 0 Å². The molecule has 6 nitrogen and oxygen atoms in total. The molecule has 0 bridgehead atoms. The zero-order chi connectivity index (χ0) is 18.8. The van der Waals surface area contributed by atoms with Crippen LogP contribution in [0.2, 0.25) is 0 Å². The van der Waals surface area contributed by atoms with Gasteiger partial charge < -0.3 is 14.8 Å². The van der Waals surface area contributed by atoms with Crippen molar-refractivity contribution in [2.75, 3.05) is 20.1 Å². The number of rotatable bonds is 9. The molecule has 0 aliphatic heterocycles. The summed E-state index contributed by atoms with van der Waals surface area (Å²) in [6.07, 6.45) is 4.80. The molecule has 1 aromatic heterocycles. The first-order chi connectivity index (χ1) is 12.7. The van der Waals surface area contributed by atoms with Crippen LogP contribution in [0.3, 0.4) is 0 Å². The quantitative estimate of drug-likeness (QED) is 0.336. The normalized spacial score (nSPS) is 11.2. The van der Waals surface area contributed by atoms with Crippen LogP contribution in [0.25, 0.3) is 0 Å². The van der Waals surface area contributed by atoms with E-state index < -0.39 is 0 Å². The smallest absolute Gasteiger partial charge is 0.194 e. The summed E-state index contributed by atoms with van der Waals surface area (Å²) in [5.74, 6) is 1.96. The van der Waals surface area contributed by atoms with Crippen LogP contribution in [0.1, 0.15) is 44.1 Å². The van der Waals surface area contributed by atoms with Crippen molar-refractivity contribution in [3.8, 4) is 0 Å². The van der Waals surface area contributed by atoms with Crippen LogP contribution in [-0.2, 0) is 25.9 Å². The Hall–Kier alpha value is -1.64. The topological polar surface area (TPSA) is 58.3 Å². The number of aliphatic imine (C=N–C) groups is 1. The predicted octanol–water partition coefficient (Wildman–Crippen LogP) is 3.51. The molecule has 0 spiro atoms. The van der Waals surface area contributed by atoms with E-state index in [9.17, 15) is 0 Å². The van der Waals surface area contributed by atoms with Crippen molar-refractivity contribution in [2.45, 2.75) is 53.1 Å². The molecule has 1 aromatic carbocycles. The first-order valence-electron chi connectivity index (χ1n) is 9.61. The second-order valence-corrected chi connectivity index (χ2v) is 6.45. The third-order valence-corrected chi connectivity index (χ3v) is 4.35. The first kappa shape index (κ1) is 23.4. The summed E-state index contributed by atoms with van der Waals surface area (Å²) in [6.45, 7) is 9.73. The highest BCUT2D eigenvalue weighted by molar-refractivity contribution is 14.0. The molecular weight excluding hydrogens is 451 g/mol. The maximum atomic E-state index is 4.72. The van der Waals surface area contributed by atoms with E-state index in [2.05, 4.69) is 77.1 Å². The minimum absolute atomic E-state index is 0. The predicted molar refractivity (Wildman–Crippen MR) is 123 cm³/mol. The van der Waals surface area contributed by atoms with Crippen LogP contribution in [0.4, 0.5) is 0 Å². The molecule has 7 heteroatoms. The summed E-state index contributed by atoms with van der Waals surface area (Å²) in [7, 11) is 2.09. The molecule has 0 saturated carbocycles. The van der Waals surface area contributed by atoms with Crippen LogP contribution < -0.4 is 5.32 Å². The van der Waals surface area contributed by atoms with Gasteiger partial charge in [-0.05, 0) is 24.0 Å². The van der Waals surface area contributed by atoms with Crippen LogP contribution in [0.5, 0.6) is 0 Å². The van der Waals surface area contributed by atoms with Gasteiger partial charge >= 0.3 is 0 Å². The molecule has 0 saturated heterocycles. The van der Waals surface area contributed by atoms with Gasteiger partial charge in [0.05, 0.1) is 0 Å². The molecule has 1 N–H and O–H groups in total. The second-order valence-electron chi connectivity index (χ2n) is 6.45. The fourth-order valence-electron chi connectivity index (χ4n) is 2.79. The standard InChI is InChI=1S/C20H32N6.HI/c1-5-12-21-20(22-13-14-26-16-23-24-19(26)7-3)25(4)15-18-10-8-17(6-2)9-11-18;/h8-11,16H,5-7,12-15H2,1-4H3,(H,21,22);1H. The molecule has 1 heterocycles. The zero-order valence-electron chi connectivity index (χ0n) is 17.0. The lowest BCUT2D eigenvalue weighted by molar-refractivity contribution is 0.470. The summed E-state index contributed by atoms with van der Waals surface area (Å²) in [6, 6.07) is 8.82. The highest BCUT2D eigenvalue weighted by atomic mass is 127. The third kappa shape index (κ3) is 7.48. The summed E-state index contributed by atoms with van der Waals surface area (Å²) in [5.41, 5.74) is 2.66. The average Bonchev–Trinajstić information content (AvgIpc) is 3.12. The highest BCUT2D eigenvalue weighted by Gasteiger charge is 2.08. The SMILES string of the molecule is CCCN=C(NCCn1cnnc1CC)N(C)Cc1ccc(CC)cc1.I. The van der Waals surface area contributed by atoms with Crippen LogP contribution in [0.15, 0.2) is 35.6 Å². The molecule has 0 amide bonds. The Kier molecular flexibility index (Phi) is 11.0. The molecule has 27 heavy (non-hydrogen) atoms. The molecule has 150 valence electrons. The lowest BCUT2D eigenvalue weighted by atomic mass is 10.1. The number of nitrogens with zero attached hydrogens (tertiary/aromatic N) is 5. The number of aryl methyl sites for hydroxylation is 2. The Morgan fingerprint density at radius 3 is 2.44 bits per heavy atom. The average molecular weight is 484 g/mol. The van der Waals surface area contributed by atoms with Crippen molar-refractivity contribution in [3.05, 3.63) is 47.5 Å². The van der Waals surface area contributed by atoms with Crippen LogP contribution in [-0.4, -0.2) is 45.8 Å². The first-order valence-corrected chi connectivity index (χ1v) is 9.61. The highest BCUT2D eigenvalue weighted by Crippen LogP contribution is 2.07. The molecule has 0 unspecified atom stereocenters. The van der Waals surface area contributed by atoms with E-state index in [0.717, 1.165) is 57.2 Å². The maximum absolute atomic E-state index is 4.72. The van der Waals surface area contributed by atoms with E-state index >= 15 is 0 Å². The van der Waals surface area contributed by atoms with E-state index in [4.69, 9.17) is 4.99 Å². The molecule has 0 fully saturated rings. The molecule has 0 aliphatic rings. The number of hydrogen-bond donors (Lipinski definition) is 1. The van der Waals surface area contributed by atoms with E-state index in [1.54, 1.807) is 6.33 Å². The number of benzene rings is 1. The van der Waals surface area contributed by atoms with Gasteiger partial charge in [-0.25, -0.2) is 0 Å². The van der Waals surface area contributed by atoms with Gasteiger partial charge in [0, 0.05) is 39.6 Å². The van der Waals surface area contributed by atoms with E-state index in [-0.39, 0.29) is 24.0 Å². The Bertz CT molecular complexity index is 680. The fraction of sp³-hybridized carbons (Fsp3) is 0.550. The van der Waals surface area contributed by atoms with Gasteiger partial charge in [0.25, 0.3) is 0 Å². The summed E-state index contributed by atoms with van der Waals surface area (Å²) >= 11 is 0. The minimum atomic E-state index is 0. The van der Waals surface area contributed by atoms with Crippen molar-refractivity contribution < 1.29 is 0 Å². The van der Waals surface area contributed by atoms with Gasteiger partial charge in [-0.2, -0.15) is 0 Å². The van der Waals surface area contributed by atoms with Crippen molar-refractivity contribution in [1.29, 1.82) is 0 Å². The van der Waals surface area contributed by atoms with Crippen molar-refractivity contribution in [2.24, 2.45) is 4.99 Å². The summed E-state index contributed by atoms with van der Waals surface area (Å²) in [4.78, 5) is 6.91. The fourth-order valence-corrected chi connectivity index (χ4v) is 2.79. The number of hydrogen-bond acceptors (Lipinski definition) is 3. The molecule has 0 atom stereocenters. The van der Waals surface area contributed by atoms with Crippen molar-refractivity contribution in [1.82, 2.24) is 25.0 Å². The number of guanidine groups is 1.